The molecule has 0 saturated heterocycles. The van der Waals surface area contributed by atoms with E-state index >= 15 is 0 Å². The van der Waals surface area contributed by atoms with E-state index in [0.717, 1.165) is 22.3 Å². The summed E-state index contributed by atoms with van der Waals surface area (Å²) in [4.78, 5) is 25.0. The summed E-state index contributed by atoms with van der Waals surface area (Å²) >= 11 is 0. The number of rotatable bonds is 5. The van der Waals surface area contributed by atoms with Crippen LogP contribution in [0.15, 0.2) is 73.5 Å². The van der Waals surface area contributed by atoms with Gasteiger partial charge in [-0.05, 0) is 42.8 Å². The second kappa shape index (κ2) is 7.79. The summed E-state index contributed by atoms with van der Waals surface area (Å²) in [6.07, 6.45) is 7.91. The molecule has 0 aliphatic heterocycles. The lowest BCUT2D eigenvalue weighted by molar-refractivity contribution is -0.117. The first-order chi connectivity index (χ1) is 13.7. The summed E-state index contributed by atoms with van der Waals surface area (Å²) in [5.41, 5.74) is 4.17. The van der Waals surface area contributed by atoms with Gasteiger partial charge in [-0.15, -0.1) is 0 Å². The lowest BCUT2D eigenvalue weighted by atomic mass is 10.1. The first kappa shape index (κ1) is 17.5. The maximum atomic E-state index is 12.2. The molecule has 0 fully saturated rings. The van der Waals surface area contributed by atoms with Gasteiger partial charge < -0.3 is 5.32 Å². The summed E-state index contributed by atoms with van der Waals surface area (Å²) in [5, 5.41) is 7.05. The van der Waals surface area contributed by atoms with Crippen molar-refractivity contribution >= 4 is 23.0 Å². The van der Waals surface area contributed by atoms with Crippen molar-refractivity contribution in [3.8, 4) is 5.69 Å². The number of benzene rings is 2. The SMILES string of the molecule is CC(NC(=O)/C=C/c1cnc2ccccc2n1)c1ccc(-n2cncn2)cc1. The lowest BCUT2D eigenvalue weighted by Crippen LogP contribution is -2.24. The van der Waals surface area contributed by atoms with Crippen LogP contribution in [-0.4, -0.2) is 30.6 Å². The first-order valence-electron chi connectivity index (χ1n) is 8.84. The normalized spacial score (nSPS) is 12.3. The van der Waals surface area contributed by atoms with E-state index in [0.29, 0.717) is 5.69 Å². The van der Waals surface area contributed by atoms with Gasteiger partial charge in [0.25, 0.3) is 0 Å². The number of carbonyl (C=O) groups excluding carboxylic acids is 1. The smallest absolute Gasteiger partial charge is 0.244 e. The highest BCUT2D eigenvalue weighted by Gasteiger charge is 2.08. The van der Waals surface area contributed by atoms with E-state index in [2.05, 4.69) is 25.4 Å². The van der Waals surface area contributed by atoms with Gasteiger partial charge in [0.2, 0.25) is 5.91 Å². The molecule has 28 heavy (non-hydrogen) atoms. The van der Waals surface area contributed by atoms with Gasteiger partial charge >= 0.3 is 0 Å². The van der Waals surface area contributed by atoms with Crippen LogP contribution >= 0.6 is 0 Å². The van der Waals surface area contributed by atoms with Gasteiger partial charge in [0.05, 0.1) is 34.7 Å². The molecule has 0 aliphatic rings. The van der Waals surface area contributed by atoms with Crippen molar-refractivity contribution in [1.29, 1.82) is 0 Å². The third kappa shape index (κ3) is 3.93. The van der Waals surface area contributed by atoms with E-state index in [-0.39, 0.29) is 11.9 Å². The van der Waals surface area contributed by atoms with Crippen LogP contribution in [0.2, 0.25) is 0 Å². The number of para-hydroxylation sites is 2. The van der Waals surface area contributed by atoms with Gasteiger partial charge in [0.15, 0.2) is 0 Å². The van der Waals surface area contributed by atoms with Crippen molar-refractivity contribution in [2.45, 2.75) is 13.0 Å². The molecule has 4 rings (SSSR count). The Hall–Kier alpha value is -3.87. The van der Waals surface area contributed by atoms with Crippen LogP contribution < -0.4 is 5.32 Å². The van der Waals surface area contributed by atoms with E-state index in [1.807, 2.05) is 55.5 Å². The fraction of sp³-hybridized carbons (Fsp3) is 0.0952. The van der Waals surface area contributed by atoms with Crippen LogP contribution in [0.4, 0.5) is 0 Å². The summed E-state index contributed by atoms with van der Waals surface area (Å²) in [7, 11) is 0. The third-order valence-electron chi connectivity index (χ3n) is 4.31. The van der Waals surface area contributed by atoms with Crippen LogP contribution in [0.25, 0.3) is 22.8 Å². The number of nitrogens with zero attached hydrogens (tertiary/aromatic N) is 5. The van der Waals surface area contributed by atoms with Gasteiger partial charge in [-0.25, -0.2) is 14.6 Å². The summed E-state index contributed by atoms with van der Waals surface area (Å²) in [6.45, 7) is 1.94. The third-order valence-corrected chi connectivity index (χ3v) is 4.31. The Morgan fingerprint density at radius 3 is 2.64 bits per heavy atom. The number of hydrogen-bond acceptors (Lipinski definition) is 5. The van der Waals surface area contributed by atoms with Crippen LogP contribution in [0.5, 0.6) is 0 Å². The summed E-state index contributed by atoms with van der Waals surface area (Å²) < 4.78 is 1.68. The number of carbonyl (C=O) groups is 1. The molecule has 2 aromatic heterocycles. The Labute approximate surface area is 161 Å². The Balaban J connectivity index is 1.40. The number of amides is 1. The maximum Gasteiger partial charge on any atom is 0.244 e. The highest BCUT2D eigenvalue weighted by molar-refractivity contribution is 5.92. The van der Waals surface area contributed by atoms with E-state index in [1.54, 1.807) is 23.3 Å². The van der Waals surface area contributed by atoms with Gasteiger partial charge in [0.1, 0.15) is 12.7 Å². The van der Waals surface area contributed by atoms with E-state index < -0.39 is 0 Å². The fourth-order valence-electron chi connectivity index (χ4n) is 2.81. The quantitative estimate of drug-likeness (QED) is 0.546. The molecule has 1 amide bonds. The zero-order chi connectivity index (χ0) is 19.3. The average molecular weight is 370 g/mol. The van der Waals surface area contributed by atoms with Crippen LogP contribution in [0.3, 0.4) is 0 Å². The van der Waals surface area contributed by atoms with Gasteiger partial charge in [-0.3, -0.25) is 9.78 Å². The average Bonchev–Trinajstić information content (AvgIpc) is 3.27. The molecule has 0 saturated carbocycles. The minimum absolute atomic E-state index is 0.135. The molecule has 1 unspecified atom stereocenters. The molecule has 2 aromatic carbocycles. The van der Waals surface area contributed by atoms with Crippen molar-refractivity contribution in [2.24, 2.45) is 0 Å². The van der Waals surface area contributed by atoms with Gasteiger partial charge in [-0.2, -0.15) is 5.10 Å². The van der Waals surface area contributed by atoms with Crippen LogP contribution in [0.1, 0.15) is 24.2 Å². The fourth-order valence-corrected chi connectivity index (χ4v) is 2.81. The number of hydrogen-bond donors (Lipinski definition) is 1. The molecule has 1 N–H and O–H groups in total. The molecule has 0 radical (unpaired) electrons. The second-order valence-corrected chi connectivity index (χ2v) is 6.28. The number of nitrogens with one attached hydrogen (secondary N) is 1. The predicted octanol–water partition coefficient (Wildman–Crippen LogP) is 3.10. The van der Waals surface area contributed by atoms with Crippen molar-refractivity contribution in [3.63, 3.8) is 0 Å². The largest absolute Gasteiger partial charge is 0.346 e. The molecular weight excluding hydrogens is 352 g/mol. The second-order valence-electron chi connectivity index (χ2n) is 6.28. The zero-order valence-electron chi connectivity index (χ0n) is 15.2. The molecule has 4 aromatic rings. The Morgan fingerprint density at radius 2 is 1.89 bits per heavy atom. The minimum atomic E-state index is -0.192. The summed E-state index contributed by atoms with van der Waals surface area (Å²) in [5.74, 6) is -0.192. The number of aromatic nitrogens is 5. The molecule has 1 atom stereocenters. The first-order valence-corrected chi connectivity index (χ1v) is 8.84. The molecule has 7 heteroatoms. The van der Waals surface area contributed by atoms with E-state index in [4.69, 9.17) is 0 Å². The molecular formula is C21H18N6O. The van der Waals surface area contributed by atoms with Crippen LogP contribution in [0, 0.1) is 0 Å². The number of fused-ring (bicyclic) bond motifs is 1. The highest BCUT2D eigenvalue weighted by atomic mass is 16.1. The van der Waals surface area contributed by atoms with Crippen molar-refractivity contribution in [1.82, 2.24) is 30.0 Å². The van der Waals surface area contributed by atoms with Gasteiger partial charge in [-0.1, -0.05) is 24.3 Å². The Kier molecular flexibility index (Phi) is 4.88. The molecule has 138 valence electrons. The monoisotopic (exact) mass is 370 g/mol. The highest BCUT2D eigenvalue weighted by Crippen LogP contribution is 2.15. The minimum Gasteiger partial charge on any atom is -0.346 e. The van der Waals surface area contributed by atoms with Gasteiger partial charge in [0, 0.05) is 6.08 Å². The molecule has 0 spiro atoms. The van der Waals surface area contributed by atoms with E-state index in [1.165, 1.54) is 12.4 Å². The van der Waals surface area contributed by atoms with E-state index in [9.17, 15) is 4.79 Å². The van der Waals surface area contributed by atoms with Crippen LogP contribution in [-0.2, 0) is 4.79 Å². The predicted molar refractivity (Wildman–Crippen MR) is 106 cm³/mol. The molecule has 2 heterocycles. The Morgan fingerprint density at radius 1 is 1.11 bits per heavy atom. The topological polar surface area (TPSA) is 85.6 Å². The van der Waals surface area contributed by atoms with Crippen molar-refractivity contribution < 1.29 is 4.79 Å². The zero-order valence-corrected chi connectivity index (χ0v) is 15.2. The lowest BCUT2D eigenvalue weighted by Gasteiger charge is -2.13. The van der Waals surface area contributed by atoms with Crippen molar-refractivity contribution in [2.75, 3.05) is 0 Å². The molecule has 7 nitrogen and oxygen atoms in total. The van der Waals surface area contributed by atoms with Crippen molar-refractivity contribution in [3.05, 3.63) is 84.7 Å². The summed E-state index contributed by atoms with van der Waals surface area (Å²) in [6, 6.07) is 15.3. The standard InChI is InChI=1S/C21H18N6O/c1-15(16-6-9-18(10-7-16)27-14-22-13-24-27)25-21(28)11-8-17-12-23-19-4-2-3-5-20(19)26-17/h2-15H,1H3,(H,25,28)/b11-8+. The molecule has 0 bridgehead atoms. The molecule has 0 aliphatic carbocycles. The maximum absolute atomic E-state index is 12.2. The Bertz CT molecular complexity index is 1120.